The van der Waals surface area contributed by atoms with E-state index in [4.69, 9.17) is 0 Å². The first kappa shape index (κ1) is 314. The topological polar surface area (TPSA) is 126 Å². The van der Waals surface area contributed by atoms with E-state index >= 15 is 0 Å². The van der Waals surface area contributed by atoms with Gasteiger partial charge in [-0.05, 0) is 0 Å². The predicted molar refractivity (Wildman–Crippen MR) is 21.2 cm³/mol. The molecule has 0 saturated carbocycles. The first-order valence-corrected chi connectivity index (χ1v) is 0. The number of hydrogen-bond donors (Lipinski definition) is 0. The molecule has 0 saturated heterocycles. The van der Waals surface area contributed by atoms with Crippen LogP contribution in [0.1, 0.15) is 7.43 Å². The molecular formula is CH12MoO4Zn. The standard InChI is InChI=1S/CH4.Mo.4H2O.Zn/h1H4;;4*1H2;. The Morgan fingerprint density at radius 3 is 0.571 bits per heavy atom. The summed E-state index contributed by atoms with van der Waals surface area (Å²) in [7, 11) is 0. The number of rotatable bonds is 0. The molecule has 0 aliphatic heterocycles. The van der Waals surface area contributed by atoms with Crippen molar-refractivity contribution in [3.63, 3.8) is 0 Å². The third-order valence-corrected chi connectivity index (χ3v) is 0. The van der Waals surface area contributed by atoms with E-state index in [2.05, 4.69) is 0 Å². The van der Waals surface area contributed by atoms with Gasteiger partial charge in [0.1, 0.15) is 0 Å². The summed E-state index contributed by atoms with van der Waals surface area (Å²) in [6.07, 6.45) is 0. The quantitative estimate of drug-likeness (QED) is 0.415. The zero-order valence-electron chi connectivity index (χ0n) is 3.12. The zero-order chi connectivity index (χ0) is 0. The largest absolute Gasteiger partial charge is 0.412 e. The molecule has 0 radical (unpaired) electrons. The summed E-state index contributed by atoms with van der Waals surface area (Å²) in [5, 5.41) is 0. The van der Waals surface area contributed by atoms with Gasteiger partial charge in [0.15, 0.2) is 0 Å². The van der Waals surface area contributed by atoms with Crippen LogP contribution in [0.2, 0.25) is 0 Å². The smallest absolute Gasteiger partial charge is 0 e. The van der Waals surface area contributed by atoms with Crippen molar-refractivity contribution in [1.82, 2.24) is 0 Å². The Kier molecular flexibility index (Phi) is 9160. The molecule has 0 atom stereocenters. The van der Waals surface area contributed by atoms with Crippen molar-refractivity contribution in [3.8, 4) is 0 Å². The molecule has 0 amide bonds. The van der Waals surface area contributed by atoms with Crippen LogP contribution in [-0.2, 0) is 40.5 Å². The molecule has 0 heterocycles. The van der Waals surface area contributed by atoms with Crippen molar-refractivity contribution in [1.29, 1.82) is 0 Å². The first-order chi connectivity index (χ1) is 0. The predicted octanol–water partition coefficient (Wildman–Crippen LogP) is -2.67. The summed E-state index contributed by atoms with van der Waals surface area (Å²) in [6.45, 7) is 0. The van der Waals surface area contributed by atoms with Crippen molar-refractivity contribution in [2.75, 3.05) is 0 Å². The maximum absolute atomic E-state index is 0. The van der Waals surface area contributed by atoms with Crippen LogP contribution in [0.15, 0.2) is 0 Å². The van der Waals surface area contributed by atoms with Gasteiger partial charge in [0.05, 0.1) is 0 Å². The molecule has 0 aliphatic rings. The normalized spacial score (nSPS) is 0. The monoisotopic (exact) mass is 250 g/mol. The maximum Gasteiger partial charge on any atom is 0 e. The van der Waals surface area contributed by atoms with Gasteiger partial charge in [0.2, 0.25) is 0 Å². The van der Waals surface area contributed by atoms with Gasteiger partial charge in [-0.15, -0.1) is 0 Å². The Balaban J connectivity index is 0. The van der Waals surface area contributed by atoms with E-state index in [0.29, 0.717) is 0 Å². The van der Waals surface area contributed by atoms with Crippen LogP contribution < -0.4 is 0 Å². The van der Waals surface area contributed by atoms with Crippen LogP contribution in [0, 0.1) is 0 Å². The van der Waals surface area contributed by atoms with E-state index in [1.54, 1.807) is 0 Å². The summed E-state index contributed by atoms with van der Waals surface area (Å²) < 4.78 is 0. The minimum atomic E-state index is 0. The minimum Gasteiger partial charge on any atom is -0.412 e. The van der Waals surface area contributed by atoms with Gasteiger partial charge < -0.3 is 21.9 Å². The van der Waals surface area contributed by atoms with E-state index in [1.165, 1.54) is 0 Å². The molecule has 0 rings (SSSR count). The minimum absolute atomic E-state index is 0. The van der Waals surface area contributed by atoms with Gasteiger partial charge in [-0.2, -0.15) is 0 Å². The van der Waals surface area contributed by atoms with Gasteiger partial charge in [-0.3, -0.25) is 0 Å². The second-order valence-electron chi connectivity index (χ2n) is 0. The van der Waals surface area contributed by atoms with Crippen molar-refractivity contribution < 1.29 is 62.4 Å². The Morgan fingerprint density at radius 1 is 0.571 bits per heavy atom. The second kappa shape index (κ2) is 204. The Bertz CT molecular complexity index is 11.7. The zero-order valence-corrected chi connectivity index (χ0v) is 8.09. The van der Waals surface area contributed by atoms with Crippen molar-refractivity contribution in [3.05, 3.63) is 0 Å². The summed E-state index contributed by atoms with van der Waals surface area (Å²) in [5.41, 5.74) is 0. The molecule has 8 N–H and O–H groups in total. The third-order valence-electron chi connectivity index (χ3n) is 0. The van der Waals surface area contributed by atoms with Crippen LogP contribution in [-0.4, -0.2) is 21.9 Å². The Hall–Kier alpha value is 1.15. The molecule has 0 bridgehead atoms. The summed E-state index contributed by atoms with van der Waals surface area (Å²) in [4.78, 5) is 0. The van der Waals surface area contributed by atoms with Crippen LogP contribution in [0.4, 0.5) is 0 Å². The molecule has 7 heavy (non-hydrogen) atoms. The molecule has 48 valence electrons. The van der Waals surface area contributed by atoms with E-state index in [9.17, 15) is 0 Å². The average molecular weight is 249 g/mol. The summed E-state index contributed by atoms with van der Waals surface area (Å²) >= 11 is 0. The fraction of sp³-hybridized carbons (Fsp3) is 1.00. The number of hydrogen-bond acceptors (Lipinski definition) is 0. The molecule has 0 aromatic carbocycles. The maximum atomic E-state index is 0. The van der Waals surface area contributed by atoms with Crippen molar-refractivity contribution in [2.45, 2.75) is 7.43 Å². The molecule has 0 fully saturated rings. The van der Waals surface area contributed by atoms with Crippen molar-refractivity contribution >= 4 is 0 Å². The molecule has 0 aromatic rings. The van der Waals surface area contributed by atoms with Gasteiger partial charge in [-0.25, -0.2) is 0 Å². The molecule has 0 aromatic heterocycles. The van der Waals surface area contributed by atoms with E-state index in [1.807, 2.05) is 0 Å². The first-order valence-electron chi connectivity index (χ1n) is 0. The molecule has 4 nitrogen and oxygen atoms in total. The van der Waals surface area contributed by atoms with Gasteiger partial charge in [0, 0.05) is 40.5 Å². The van der Waals surface area contributed by atoms with Crippen LogP contribution >= 0.6 is 0 Å². The van der Waals surface area contributed by atoms with E-state index in [-0.39, 0.29) is 69.9 Å². The fourth-order valence-corrected chi connectivity index (χ4v) is 0. The molecule has 0 unspecified atom stereocenters. The van der Waals surface area contributed by atoms with Crippen molar-refractivity contribution in [2.24, 2.45) is 0 Å². The average Bonchev–Trinajstić information content (AvgIpc) is 0. The molecule has 6 heteroatoms. The van der Waals surface area contributed by atoms with Gasteiger partial charge in [0.25, 0.3) is 0 Å². The Labute approximate surface area is 69.9 Å². The summed E-state index contributed by atoms with van der Waals surface area (Å²) in [5.74, 6) is 0. The fourth-order valence-electron chi connectivity index (χ4n) is 0. The van der Waals surface area contributed by atoms with E-state index < -0.39 is 0 Å². The third kappa shape index (κ3) is 143. The van der Waals surface area contributed by atoms with Crippen LogP contribution in [0.25, 0.3) is 0 Å². The molecule has 0 spiro atoms. The van der Waals surface area contributed by atoms with E-state index in [0.717, 1.165) is 0 Å². The molecule has 0 aliphatic carbocycles. The van der Waals surface area contributed by atoms with Gasteiger partial charge in [-0.1, -0.05) is 7.43 Å². The Morgan fingerprint density at radius 2 is 0.571 bits per heavy atom. The second-order valence-corrected chi connectivity index (χ2v) is 0. The van der Waals surface area contributed by atoms with Crippen LogP contribution in [0.5, 0.6) is 0 Å². The molecular weight excluding hydrogens is 237 g/mol. The summed E-state index contributed by atoms with van der Waals surface area (Å²) in [6, 6.07) is 0. The van der Waals surface area contributed by atoms with Crippen LogP contribution in [0.3, 0.4) is 0 Å². The SMILES string of the molecule is C.O.O.O.O.[Mo].[Zn]. The van der Waals surface area contributed by atoms with Gasteiger partial charge >= 0.3 is 0 Å².